The van der Waals surface area contributed by atoms with Gasteiger partial charge in [0.15, 0.2) is 0 Å². The molecule has 0 fully saturated rings. The lowest BCUT2D eigenvalue weighted by Crippen LogP contribution is -2.72. The van der Waals surface area contributed by atoms with Crippen LogP contribution in [0.3, 0.4) is 0 Å². The summed E-state index contributed by atoms with van der Waals surface area (Å²) in [5.74, 6) is -46.6. The molecule has 0 spiro atoms. The first-order chi connectivity index (χ1) is 16.0. The van der Waals surface area contributed by atoms with Gasteiger partial charge in [0.25, 0.3) is 0 Å². The SMILES string of the molecule is CCCCc1ccc(C(CC(F)(F)C(F)(F)C(F)(F)C(F)(F)C(F)(F)C(F)(F)C(F)(F)F)OC)cc1. The van der Waals surface area contributed by atoms with Crippen LogP contribution in [0.25, 0.3) is 0 Å². The third-order valence-electron chi connectivity index (χ3n) is 5.29. The molecule has 0 bridgehead atoms. The first-order valence-corrected chi connectivity index (χ1v) is 9.91. The van der Waals surface area contributed by atoms with Crippen LogP contribution in [0.5, 0.6) is 0 Å². The third kappa shape index (κ3) is 5.23. The summed E-state index contributed by atoms with van der Waals surface area (Å²) in [5, 5.41) is 0. The van der Waals surface area contributed by atoms with E-state index in [0.717, 1.165) is 18.6 Å². The molecule has 1 atom stereocenters. The number of unbranched alkanes of at least 4 members (excludes halogenated alkanes) is 1. The van der Waals surface area contributed by atoms with Gasteiger partial charge in [-0.1, -0.05) is 37.6 Å². The van der Waals surface area contributed by atoms with Gasteiger partial charge in [0, 0.05) is 13.5 Å². The van der Waals surface area contributed by atoms with Crippen molar-refractivity contribution in [3.05, 3.63) is 35.4 Å². The van der Waals surface area contributed by atoms with Crippen molar-refractivity contribution in [3.8, 4) is 0 Å². The molecule has 0 aliphatic heterocycles. The minimum atomic E-state index is -8.30. The maximum absolute atomic E-state index is 14.2. The zero-order chi connectivity index (χ0) is 28.6. The number of methoxy groups -OCH3 is 1. The van der Waals surface area contributed by atoms with Gasteiger partial charge in [-0.15, -0.1) is 0 Å². The number of benzene rings is 1. The molecule has 36 heavy (non-hydrogen) atoms. The van der Waals surface area contributed by atoms with E-state index in [-0.39, 0.29) is 5.56 Å². The quantitative estimate of drug-likeness (QED) is 0.233. The molecule has 0 amide bonds. The molecule has 0 aliphatic rings. The van der Waals surface area contributed by atoms with Crippen molar-refractivity contribution < 1.29 is 70.6 Å². The molecular weight excluding hydrogens is 541 g/mol. The largest absolute Gasteiger partial charge is 0.460 e. The Morgan fingerprint density at radius 3 is 1.44 bits per heavy atom. The molecule has 210 valence electrons. The van der Waals surface area contributed by atoms with Crippen LogP contribution in [-0.4, -0.2) is 48.8 Å². The maximum atomic E-state index is 14.2. The molecule has 1 aromatic carbocycles. The lowest BCUT2D eigenvalue weighted by atomic mass is 9.88. The van der Waals surface area contributed by atoms with E-state index < -0.39 is 54.2 Å². The van der Waals surface area contributed by atoms with E-state index in [9.17, 15) is 65.9 Å². The molecule has 1 rings (SSSR count). The first kappa shape index (κ1) is 32.2. The highest BCUT2D eigenvalue weighted by molar-refractivity contribution is 5.25. The highest BCUT2D eigenvalue weighted by Crippen LogP contribution is 2.63. The second-order valence-electron chi connectivity index (χ2n) is 7.85. The zero-order valence-corrected chi connectivity index (χ0v) is 18.3. The Bertz CT molecular complexity index is 859. The van der Waals surface area contributed by atoms with E-state index in [2.05, 4.69) is 4.74 Å². The molecule has 0 heterocycles. The molecule has 0 N–H and O–H groups in total. The monoisotopic (exact) mass is 560 g/mol. The second kappa shape index (κ2) is 10.1. The van der Waals surface area contributed by atoms with Gasteiger partial charge >= 0.3 is 41.7 Å². The van der Waals surface area contributed by atoms with Crippen LogP contribution in [0.2, 0.25) is 0 Å². The number of rotatable bonds is 12. The van der Waals surface area contributed by atoms with Crippen LogP contribution in [0.4, 0.5) is 65.9 Å². The molecule has 0 saturated carbocycles. The fraction of sp³-hybridized carbons (Fsp3) is 0.700. The van der Waals surface area contributed by atoms with Crippen LogP contribution in [0, 0.1) is 0 Å². The van der Waals surface area contributed by atoms with Crippen LogP contribution in [0.1, 0.15) is 43.4 Å². The summed E-state index contributed by atoms with van der Waals surface area (Å²) in [6, 6.07) is 4.71. The van der Waals surface area contributed by atoms with Crippen molar-refractivity contribution in [1.82, 2.24) is 0 Å². The fourth-order valence-electron chi connectivity index (χ4n) is 2.98. The van der Waals surface area contributed by atoms with Gasteiger partial charge in [-0.2, -0.15) is 65.9 Å². The summed E-state index contributed by atoms with van der Waals surface area (Å²) in [5.41, 5.74) is 0.267. The maximum Gasteiger partial charge on any atom is 0.460 e. The smallest absolute Gasteiger partial charge is 0.377 e. The van der Waals surface area contributed by atoms with Crippen LogP contribution in [0.15, 0.2) is 24.3 Å². The topological polar surface area (TPSA) is 9.23 Å². The van der Waals surface area contributed by atoms with Gasteiger partial charge < -0.3 is 4.74 Å². The minimum absolute atomic E-state index is 0.364. The predicted octanol–water partition coefficient (Wildman–Crippen LogP) is 8.48. The number of alkyl halides is 15. The fourth-order valence-corrected chi connectivity index (χ4v) is 2.98. The van der Waals surface area contributed by atoms with Crippen molar-refractivity contribution in [2.75, 3.05) is 7.11 Å². The summed E-state index contributed by atoms with van der Waals surface area (Å²) < 4.78 is 204. The van der Waals surface area contributed by atoms with Gasteiger partial charge in [0.05, 0.1) is 6.10 Å². The molecule has 0 aromatic heterocycles. The standard InChI is InChI=1S/C20H19F15O/c1-3-4-5-11-6-8-12(9-7-11)13(36-2)10-14(21,22)15(23,24)16(25,26)17(27,28)18(29,30)19(31,32)20(33,34)35/h6-9,13H,3-5,10H2,1-2H3. The van der Waals surface area contributed by atoms with Crippen LogP contribution < -0.4 is 0 Å². The molecule has 1 nitrogen and oxygen atoms in total. The first-order valence-electron chi connectivity index (χ1n) is 9.91. The van der Waals surface area contributed by atoms with Crippen molar-refractivity contribution in [1.29, 1.82) is 0 Å². The van der Waals surface area contributed by atoms with Crippen LogP contribution in [-0.2, 0) is 11.2 Å². The Hall–Kier alpha value is -1.87. The van der Waals surface area contributed by atoms with Crippen molar-refractivity contribution in [3.63, 3.8) is 0 Å². The zero-order valence-electron chi connectivity index (χ0n) is 18.3. The Morgan fingerprint density at radius 1 is 0.639 bits per heavy atom. The third-order valence-corrected chi connectivity index (χ3v) is 5.29. The summed E-state index contributed by atoms with van der Waals surface area (Å²) in [6.45, 7) is 1.84. The number of halogens is 15. The Balaban J connectivity index is 3.39. The molecule has 0 radical (unpaired) electrons. The summed E-state index contributed by atoms with van der Waals surface area (Å²) in [6.07, 6.45) is -10.5. The van der Waals surface area contributed by atoms with Gasteiger partial charge in [-0.05, 0) is 24.0 Å². The average Bonchev–Trinajstić information content (AvgIpc) is 2.75. The van der Waals surface area contributed by atoms with E-state index in [4.69, 9.17) is 0 Å². The molecule has 1 aromatic rings. The van der Waals surface area contributed by atoms with E-state index in [1.165, 1.54) is 12.1 Å². The average molecular weight is 560 g/mol. The van der Waals surface area contributed by atoms with Gasteiger partial charge in [-0.3, -0.25) is 0 Å². The Morgan fingerprint density at radius 2 is 1.06 bits per heavy atom. The van der Waals surface area contributed by atoms with E-state index >= 15 is 0 Å². The van der Waals surface area contributed by atoms with E-state index in [1.54, 1.807) is 0 Å². The van der Waals surface area contributed by atoms with Crippen molar-refractivity contribution >= 4 is 0 Å². The molecular formula is C20H19F15O. The van der Waals surface area contributed by atoms with Crippen molar-refractivity contribution in [2.45, 2.75) is 80.4 Å². The lowest BCUT2D eigenvalue weighted by Gasteiger charge is -2.42. The number of hydrogen-bond acceptors (Lipinski definition) is 1. The van der Waals surface area contributed by atoms with Gasteiger partial charge in [-0.25, -0.2) is 0 Å². The molecule has 0 aliphatic carbocycles. The molecule has 1 unspecified atom stereocenters. The van der Waals surface area contributed by atoms with Gasteiger partial charge in [0.2, 0.25) is 0 Å². The highest BCUT2D eigenvalue weighted by Gasteiger charge is 2.93. The van der Waals surface area contributed by atoms with Crippen LogP contribution >= 0.6 is 0 Å². The number of ether oxygens (including phenoxy) is 1. The highest BCUT2D eigenvalue weighted by atomic mass is 19.4. The van der Waals surface area contributed by atoms with Gasteiger partial charge in [0.1, 0.15) is 0 Å². The lowest BCUT2D eigenvalue weighted by molar-refractivity contribution is -0.453. The van der Waals surface area contributed by atoms with E-state index in [1.807, 2.05) is 6.92 Å². The summed E-state index contributed by atoms with van der Waals surface area (Å²) in [7, 11) is 0.620. The number of hydrogen-bond donors (Lipinski definition) is 0. The number of aryl methyl sites for hydroxylation is 1. The second-order valence-corrected chi connectivity index (χ2v) is 7.85. The summed E-state index contributed by atoms with van der Waals surface area (Å²) in [4.78, 5) is 0. The normalized spacial score (nSPS) is 15.8. The molecule has 16 heteroatoms. The predicted molar refractivity (Wildman–Crippen MR) is 95.2 cm³/mol. The van der Waals surface area contributed by atoms with E-state index in [0.29, 0.717) is 25.5 Å². The van der Waals surface area contributed by atoms with Crippen molar-refractivity contribution in [2.24, 2.45) is 0 Å². The summed E-state index contributed by atoms with van der Waals surface area (Å²) >= 11 is 0. The molecule has 0 saturated heterocycles. The Labute approximate surface area is 194 Å². The minimum Gasteiger partial charge on any atom is -0.377 e. The Kier molecular flexibility index (Phi) is 9.04.